The third kappa shape index (κ3) is 2.65. The number of carbonyl (C=O) groups is 1. The van der Waals surface area contributed by atoms with Crippen LogP contribution in [0.2, 0.25) is 0 Å². The van der Waals surface area contributed by atoms with Gasteiger partial charge in [0.2, 0.25) is 5.75 Å². The summed E-state index contributed by atoms with van der Waals surface area (Å²) >= 11 is 0. The van der Waals surface area contributed by atoms with Crippen LogP contribution in [0, 0.1) is 10.1 Å². The average Bonchev–Trinajstić information content (AvgIpc) is 2.89. The minimum atomic E-state index is -0.974. The number of pyridine rings is 1. The summed E-state index contributed by atoms with van der Waals surface area (Å²) in [6, 6.07) is 0. The SMILES string of the molecule is COc1c([N+](=O)[O-])cnc2c1c(C1=CCN(C(=O)O)C(C)(C)C1)cn2C. The predicted octanol–water partition coefficient (Wildman–Crippen LogP) is 3.04. The smallest absolute Gasteiger partial charge is 0.408 e. The van der Waals surface area contributed by atoms with Crippen LogP contribution in [0.25, 0.3) is 16.6 Å². The number of nitrogens with zero attached hydrogens (tertiary/aromatic N) is 4. The van der Waals surface area contributed by atoms with Crippen molar-refractivity contribution in [1.82, 2.24) is 14.5 Å². The van der Waals surface area contributed by atoms with Gasteiger partial charge in [-0.15, -0.1) is 0 Å². The summed E-state index contributed by atoms with van der Waals surface area (Å²) in [6.45, 7) is 3.97. The quantitative estimate of drug-likeness (QED) is 0.665. The monoisotopic (exact) mass is 360 g/mol. The highest BCUT2D eigenvalue weighted by Gasteiger charge is 2.36. The number of aromatic nitrogens is 2. The van der Waals surface area contributed by atoms with Crippen LogP contribution in [0.1, 0.15) is 25.8 Å². The van der Waals surface area contributed by atoms with Gasteiger partial charge < -0.3 is 14.4 Å². The van der Waals surface area contributed by atoms with Crippen LogP contribution in [0.3, 0.4) is 0 Å². The van der Waals surface area contributed by atoms with Gasteiger partial charge in [0.05, 0.1) is 17.4 Å². The fourth-order valence-electron chi connectivity index (χ4n) is 3.51. The van der Waals surface area contributed by atoms with Gasteiger partial charge in [0, 0.05) is 30.9 Å². The van der Waals surface area contributed by atoms with Gasteiger partial charge in [-0.25, -0.2) is 9.78 Å². The molecule has 0 aromatic carbocycles. The van der Waals surface area contributed by atoms with Crippen LogP contribution < -0.4 is 4.74 Å². The summed E-state index contributed by atoms with van der Waals surface area (Å²) in [5, 5.41) is 21.3. The zero-order valence-corrected chi connectivity index (χ0v) is 15.0. The Hall–Kier alpha value is -3.10. The molecule has 1 N–H and O–H groups in total. The second-order valence-electron chi connectivity index (χ2n) is 6.90. The number of fused-ring (bicyclic) bond motifs is 1. The standard InChI is InChI=1S/C17H20N4O5/c1-17(2)7-10(5-6-20(17)16(22)23)11-9-19(3)15-13(11)14(26-4)12(8-18-15)21(24)25/h5,8-9H,6-7H2,1-4H3,(H,22,23). The molecule has 2 aromatic heterocycles. The van der Waals surface area contributed by atoms with Crippen LogP contribution >= 0.6 is 0 Å². The summed E-state index contributed by atoms with van der Waals surface area (Å²) in [5.41, 5.74) is 1.46. The summed E-state index contributed by atoms with van der Waals surface area (Å²) in [5.74, 6) is 0.162. The molecule has 2 aromatic rings. The average molecular weight is 360 g/mol. The number of hydrogen-bond acceptors (Lipinski definition) is 5. The van der Waals surface area contributed by atoms with E-state index in [-0.39, 0.29) is 18.0 Å². The first-order chi connectivity index (χ1) is 12.2. The molecule has 0 aliphatic carbocycles. The lowest BCUT2D eigenvalue weighted by molar-refractivity contribution is -0.385. The first-order valence-corrected chi connectivity index (χ1v) is 8.03. The van der Waals surface area contributed by atoms with E-state index in [9.17, 15) is 20.0 Å². The lowest BCUT2D eigenvalue weighted by Gasteiger charge is -2.40. The fourth-order valence-corrected chi connectivity index (χ4v) is 3.51. The van der Waals surface area contributed by atoms with Crippen molar-refractivity contribution in [1.29, 1.82) is 0 Å². The molecule has 0 saturated carbocycles. The van der Waals surface area contributed by atoms with Crippen molar-refractivity contribution >= 4 is 28.4 Å². The van der Waals surface area contributed by atoms with Gasteiger partial charge >= 0.3 is 11.8 Å². The van der Waals surface area contributed by atoms with E-state index >= 15 is 0 Å². The molecule has 0 bridgehead atoms. The Balaban J connectivity index is 2.22. The molecule has 0 saturated heterocycles. The Morgan fingerprint density at radius 1 is 1.46 bits per heavy atom. The van der Waals surface area contributed by atoms with Crippen molar-refractivity contribution in [3.8, 4) is 5.75 Å². The van der Waals surface area contributed by atoms with Gasteiger partial charge in [-0.2, -0.15) is 0 Å². The minimum Gasteiger partial charge on any atom is -0.490 e. The molecule has 3 heterocycles. The number of hydrogen-bond donors (Lipinski definition) is 1. The number of amides is 1. The van der Waals surface area contributed by atoms with Gasteiger partial charge in [-0.1, -0.05) is 6.08 Å². The molecular formula is C17H20N4O5. The molecule has 0 unspecified atom stereocenters. The minimum absolute atomic E-state index is 0.162. The molecule has 3 rings (SSSR count). The van der Waals surface area contributed by atoms with Crippen molar-refractivity contribution in [2.45, 2.75) is 25.8 Å². The topological polar surface area (TPSA) is 111 Å². The molecule has 138 valence electrons. The van der Waals surface area contributed by atoms with E-state index in [2.05, 4.69) is 4.98 Å². The zero-order valence-electron chi connectivity index (χ0n) is 15.0. The third-order valence-corrected chi connectivity index (χ3v) is 4.77. The highest BCUT2D eigenvalue weighted by Crippen LogP contribution is 2.42. The second-order valence-corrected chi connectivity index (χ2v) is 6.90. The Kier molecular flexibility index (Phi) is 4.09. The van der Waals surface area contributed by atoms with Gasteiger partial charge in [0.25, 0.3) is 0 Å². The van der Waals surface area contributed by atoms with E-state index in [1.807, 2.05) is 33.2 Å². The largest absolute Gasteiger partial charge is 0.490 e. The van der Waals surface area contributed by atoms with Crippen molar-refractivity contribution in [3.05, 3.63) is 34.1 Å². The highest BCUT2D eigenvalue weighted by molar-refractivity contribution is 5.98. The fraction of sp³-hybridized carbons (Fsp3) is 0.412. The van der Waals surface area contributed by atoms with Crippen LogP contribution in [0.4, 0.5) is 10.5 Å². The lowest BCUT2D eigenvalue weighted by atomic mass is 9.86. The van der Waals surface area contributed by atoms with E-state index in [0.29, 0.717) is 17.5 Å². The molecule has 0 fully saturated rings. The number of carboxylic acid groups (broad SMARTS) is 1. The maximum Gasteiger partial charge on any atom is 0.408 e. The molecular weight excluding hydrogens is 340 g/mol. The van der Waals surface area contributed by atoms with Crippen LogP contribution in [0.5, 0.6) is 5.75 Å². The van der Waals surface area contributed by atoms with E-state index < -0.39 is 16.6 Å². The van der Waals surface area contributed by atoms with E-state index in [4.69, 9.17) is 4.74 Å². The first kappa shape index (κ1) is 17.7. The number of aryl methyl sites for hydroxylation is 1. The van der Waals surface area contributed by atoms with Crippen molar-refractivity contribution < 1.29 is 19.6 Å². The van der Waals surface area contributed by atoms with Crippen molar-refractivity contribution in [2.24, 2.45) is 7.05 Å². The van der Waals surface area contributed by atoms with Gasteiger partial charge in [-0.3, -0.25) is 15.0 Å². The molecule has 1 aliphatic heterocycles. The van der Waals surface area contributed by atoms with Crippen LogP contribution in [-0.2, 0) is 7.05 Å². The maximum absolute atomic E-state index is 11.4. The second kappa shape index (κ2) is 6.01. The van der Waals surface area contributed by atoms with Gasteiger partial charge in [0.15, 0.2) is 0 Å². The van der Waals surface area contributed by atoms with Gasteiger partial charge in [0.1, 0.15) is 11.8 Å². The number of rotatable bonds is 3. The Bertz CT molecular complexity index is 944. The molecule has 0 spiro atoms. The van der Waals surface area contributed by atoms with E-state index in [1.165, 1.54) is 18.2 Å². The summed E-state index contributed by atoms with van der Waals surface area (Å²) in [4.78, 5) is 27.8. The Labute approximate surface area is 149 Å². The normalized spacial score (nSPS) is 16.5. The molecule has 0 atom stereocenters. The summed E-state index contributed by atoms with van der Waals surface area (Å²) < 4.78 is 7.14. The molecule has 1 amide bonds. The first-order valence-electron chi connectivity index (χ1n) is 8.03. The third-order valence-electron chi connectivity index (χ3n) is 4.77. The highest BCUT2D eigenvalue weighted by atomic mass is 16.6. The molecule has 9 nitrogen and oxygen atoms in total. The zero-order chi connectivity index (χ0) is 19.2. The van der Waals surface area contributed by atoms with E-state index in [0.717, 1.165) is 11.1 Å². The van der Waals surface area contributed by atoms with Crippen LogP contribution in [0.15, 0.2) is 18.5 Å². The van der Waals surface area contributed by atoms with Crippen molar-refractivity contribution in [2.75, 3.05) is 13.7 Å². The number of nitro groups is 1. The number of methoxy groups -OCH3 is 1. The molecule has 1 aliphatic rings. The van der Waals surface area contributed by atoms with E-state index in [1.54, 1.807) is 4.57 Å². The Morgan fingerprint density at radius 3 is 2.69 bits per heavy atom. The maximum atomic E-state index is 11.4. The summed E-state index contributed by atoms with van der Waals surface area (Å²) in [6.07, 6.45) is 4.38. The van der Waals surface area contributed by atoms with Crippen LogP contribution in [-0.4, -0.2) is 49.8 Å². The molecule has 26 heavy (non-hydrogen) atoms. The predicted molar refractivity (Wildman–Crippen MR) is 95.3 cm³/mol. The Morgan fingerprint density at radius 2 is 2.15 bits per heavy atom. The van der Waals surface area contributed by atoms with Crippen molar-refractivity contribution in [3.63, 3.8) is 0 Å². The van der Waals surface area contributed by atoms with Gasteiger partial charge in [-0.05, 0) is 25.8 Å². The summed E-state index contributed by atoms with van der Waals surface area (Å²) in [7, 11) is 3.20. The molecule has 0 radical (unpaired) electrons. The lowest BCUT2D eigenvalue weighted by Crippen LogP contribution is -2.49. The molecule has 9 heteroatoms. The number of ether oxygens (including phenoxy) is 1.